The van der Waals surface area contributed by atoms with Gasteiger partial charge in [0.2, 0.25) is 0 Å². The van der Waals surface area contributed by atoms with Crippen LogP contribution in [0.3, 0.4) is 0 Å². The number of carbonyl (C=O) groups excluding carboxylic acids is 1. The number of aromatic amines is 1. The monoisotopic (exact) mass is 423 g/mol. The van der Waals surface area contributed by atoms with Crippen LogP contribution in [0.4, 0.5) is 14.5 Å². The van der Waals surface area contributed by atoms with Crippen LogP contribution in [0.15, 0.2) is 48.7 Å². The van der Waals surface area contributed by atoms with Crippen molar-refractivity contribution in [2.24, 2.45) is 0 Å². The lowest BCUT2D eigenvalue weighted by Gasteiger charge is -2.16. The SMILES string of the molecule is O=C(Nc1ccc(OC(F)F)cc1)c1n[nH]c2ccc(-c3cnc4n3CCCC4)cc12. The maximum atomic E-state index is 12.8. The van der Waals surface area contributed by atoms with Crippen molar-refractivity contribution in [3.05, 3.63) is 60.2 Å². The fourth-order valence-electron chi connectivity index (χ4n) is 3.90. The van der Waals surface area contributed by atoms with Gasteiger partial charge in [-0.25, -0.2) is 4.98 Å². The molecule has 2 aromatic heterocycles. The fourth-order valence-corrected chi connectivity index (χ4v) is 3.90. The van der Waals surface area contributed by atoms with Gasteiger partial charge in [0.15, 0.2) is 5.69 Å². The van der Waals surface area contributed by atoms with Gasteiger partial charge in [-0.05, 0) is 49.2 Å². The molecule has 1 aliphatic heterocycles. The van der Waals surface area contributed by atoms with Crippen LogP contribution >= 0.6 is 0 Å². The topological polar surface area (TPSA) is 84.8 Å². The number of nitrogens with zero attached hydrogens (tertiary/aromatic N) is 3. The summed E-state index contributed by atoms with van der Waals surface area (Å²) in [7, 11) is 0. The van der Waals surface area contributed by atoms with Gasteiger partial charge < -0.3 is 14.6 Å². The van der Waals surface area contributed by atoms with Crippen LogP contribution in [-0.2, 0) is 13.0 Å². The number of benzene rings is 2. The van der Waals surface area contributed by atoms with E-state index in [0.717, 1.165) is 48.4 Å². The van der Waals surface area contributed by atoms with Crippen LogP contribution in [-0.4, -0.2) is 32.3 Å². The Labute approximate surface area is 176 Å². The molecule has 2 aromatic carbocycles. The van der Waals surface area contributed by atoms with Crippen LogP contribution in [0.25, 0.3) is 22.2 Å². The molecule has 5 rings (SSSR count). The molecule has 9 heteroatoms. The lowest BCUT2D eigenvalue weighted by atomic mass is 10.1. The third-order valence-electron chi connectivity index (χ3n) is 5.38. The molecule has 7 nitrogen and oxygen atoms in total. The van der Waals surface area contributed by atoms with Gasteiger partial charge in [0, 0.05) is 29.6 Å². The maximum absolute atomic E-state index is 12.8. The Morgan fingerprint density at radius 1 is 1.16 bits per heavy atom. The molecule has 0 saturated carbocycles. The van der Waals surface area contributed by atoms with E-state index in [1.165, 1.54) is 24.3 Å². The molecule has 1 aliphatic rings. The molecule has 0 saturated heterocycles. The van der Waals surface area contributed by atoms with Crippen LogP contribution in [0.1, 0.15) is 29.2 Å². The number of alkyl halides is 2. The number of amides is 1. The fraction of sp³-hybridized carbons (Fsp3) is 0.227. The maximum Gasteiger partial charge on any atom is 0.387 e. The van der Waals surface area contributed by atoms with Crippen molar-refractivity contribution in [1.29, 1.82) is 0 Å². The number of carbonyl (C=O) groups is 1. The lowest BCUT2D eigenvalue weighted by molar-refractivity contribution is -0.0498. The summed E-state index contributed by atoms with van der Waals surface area (Å²) in [6.45, 7) is -1.96. The number of ether oxygens (including phenoxy) is 1. The number of H-pyrrole nitrogens is 1. The van der Waals surface area contributed by atoms with Gasteiger partial charge in [0.1, 0.15) is 11.6 Å². The van der Waals surface area contributed by atoms with E-state index in [9.17, 15) is 13.6 Å². The summed E-state index contributed by atoms with van der Waals surface area (Å²) < 4.78 is 31.1. The third kappa shape index (κ3) is 3.74. The number of aryl methyl sites for hydroxylation is 1. The molecule has 1 amide bonds. The molecule has 0 radical (unpaired) electrons. The van der Waals surface area contributed by atoms with Crippen molar-refractivity contribution >= 4 is 22.5 Å². The number of fused-ring (bicyclic) bond motifs is 2. The van der Waals surface area contributed by atoms with Gasteiger partial charge in [-0.2, -0.15) is 13.9 Å². The predicted molar refractivity (Wildman–Crippen MR) is 111 cm³/mol. The van der Waals surface area contributed by atoms with Crippen molar-refractivity contribution in [2.75, 3.05) is 5.32 Å². The summed E-state index contributed by atoms with van der Waals surface area (Å²) >= 11 is 0. The van der Waals surface area contributed by atoms with Gasteiger partial charge in [-0.3, -0.25) is 9.89 Å². The van der Waals surface area contributed by atoms with Gasteiger partial charge in [0.25, 0.3) is 5.91 Å². The zero-order chi connectivity index (χ0) is 21.4. The molecular formula is C22H19F2N5O2. The van der Waals surface area contributed by atoms with Crippen LogP contribution in [0.5, 0.6) is 5.75 Å². The Bertz CT molecular complexity index is 1250. The zero-order valence-electron chi connectivity index (χ0n) is 16.4. The molecule has 0 bridgehead atoms. The van der Waals surface area contributed by atoms with Gasteiger partial charge in [-0.15, -0.1) is 0 Å². The predicted octanol–water partition coefficient (Wildman–Crippen LogP) is 4.62. The minimum absolute atomic E-state index is 0.0204. The Balaban J connectivity index is 1.42. The molecule has 3 heterocycles. The van der Waals surface area contributed by atoms with E-state index in [1.54, 1.807) is 0 Å². The summed E-state index contributed by atoms with van der Waals surface area (Å²) in [4.78, 5) is 17.4. The minimum Gasteiger partial charge on any atom is -0.435 e. The van der Waals surface area contributed by atoms with E-state index in [2.05, 4.69) is 29.8 Å². The van der Waals surface area contributed by atoms with Crippen molar-refractivity contribution in [1.82, 2.24) is 19.7 Å². The highest BCUT2D eigenvalue weighted by atomic mass is 19.3. The quantitative estimate of drug-likeness (QED) is 0.491. The number of aromatic nitrogens is 4. The lowest BCUT2D eigenvalue weighted by Crippen LogP contribution is -2.13. The number of anilines is 1. The first kappa shape index (κ1) is 19.2. The van der Waals surface area contributed by atoms with Gasteiger partial charge >= 0.3 is 6.61 Å². The van der Waals surface area contributed by atoms with E-state index in [4.69, 9.17) is 0 Å². The molecule has 2 N–H and O–H groups in total. The van der Waals surface area contributed by atoms with E-state index in [1.807, 2.05) is 24.4 Å². The number of imidazole rings is 1. The van der Waals surface area contributed by atoms with E-state index in [0.29, 0.717) is 11.1 Å². The molecule has 0 atom stereocenters. The highest BCUT2D eigenvalue weighted by molar-refractivity contribution is 6.11. The first-order chi connectivity index (χ1) is 15.1. The van der Waals surface area contributed by atoms with E-state index >= 15 is 0 Å². The number of halogens is 2. The molecule has 0 spiro atoms. The number of nitrogens with one attached hydrogen (secondary N) is 2. The average molecular weight is 423 g/mol. The Morgan fingerprint density at radius 3 is 2.81 bits per heavy atom. The summed E-state index contributed by atoms with van der Waals surface area (Å²) in [5.41, 5.74) is 3.44. The minimum atomic E-state index is -2.90. The molecule has 0 unspecified atom stereocenters. The second kappa shape index (κ2) is 7.82. The summed E-state index contributed by atoms with van der Waals surface area (Å²) in [6, 6.07) is 11.5. The van der Waals surface area contributed by atoms with Crippen molar-refractivity contribution in [2.45, 2.75) is 32.4 Å². The third-order valence-corrected chi connectivity index (χ3v) is 5.38. The molecule has 0 fully saturated rings. The summed E-state index contributed by atoms with van der Waals surface area (Å²) in [5, 5.41) is 10.5. The molecule has 31 heavy (non-hydrogen) atoms. The first-order valence-corrected chi connectivity index (χ1v) is 9.97. The van der Waals surface area contributed by atoms with Crippen LogP contribution in [0.2, 0.25) is 0 Å². The number of rotatable bonds is 5. The summed E-state index contributed by atoms with van der Waals surface area (Å²) in [6.07, 6.45) is 5.13. The Hall–Kier alpha value is -3.75. The van der Waals surface area contributed by atoms with E-state index in [-0.39, 0.29) is 11.4 Å². The Kier molecular flexibility index (Phi) is 4.85. The van der Waals surface area contributed by atoms with Gasteiger partial charge in [-0.1, -0.05) is 6.07 Å². The largest absolute Gasteiger partial charge is 0.435 e. The standard InChI is InChI=1S/C22H19F2N5O2/c23-22(24)31-15-7-5-14(6-8-15)26-21(30)20-16-11-13(4-9-17(16)27-28-20)18-12-25-19-3-1-2-10-29(18)19/h4-9,11-12,22H,1-3,10H2,(H,26,30)(H,27,28). The Morgan fingerprint density at radius 2 is 2.00 bits per heavy atom. The highest BCUT2D eigenvalue weighted by Gasteiger charge is 2.19. The second-order valence-electron chi connectivity index (χ2n) is 7.36. The second-order valence-corrected chi connectivity index (χ2v) is 7.36. The van der Waals surface area contributed by atoms with Crippen LogP contribution in [0, 0.1) is 0 Å². The number of hydrogen-bond donors (Lipinski definition) is 2. The van der Waals surface area contributed by atoms with E-state index < -0.39 is 12.5 Å². The number of hydrogen-bond acceptors (Lipinski definition) is 4. The van der Waals surface area contributed by atoms with Crippen molar-refractivity contribution in [3.63, 3.8) is 0 Å². The first-order valence-electron chi connectivity index (χ1n) is 9.97. The summed E-state index contributed by atoms with van der Waals surface area (Å²) in [5.74, 6) is 0.707. The van der Waals surface area contributed by atoms with Gasteiger partial charge in [0.05, 0.1) is 17.4 Å². The molecule has 158 valence electrons. The van der Waals surface area contributed by atoms with Crippen LogP contribution < -0.4 is 10.1 Å². The zero-order valence-corrected chi connectivity index (χ0v) is 16.4. The molecule has 0 aliphatic carbocycles. The van der Waals surface area contributed by atoms with Crippen molar-refractivity contribution < 1.29 is 18.3 Å². The average Bonchev–Trinajstić information content (AvgIpc) is 3.38. The molecule has 4 aromatic rings. The normalized spacial score (nSPS) is 13.4. The highest BCUT2D eigenvalue weighted by Crippen LogP contribution is 2.29. The van der Waals surface area contributed by atoms with Crippen molar-refractivity contribution in [3.8, 4) is 17.0 Å². The smallest absolute Gasteiger partial charge is 0.387 e. The molecular weight excluding hydrogens is 404 g/mol.